The second-order valence-corrected chi connectivity index (χ2v) is 2.85. The van der Waals surface area contributed by atoms with Crippen LogP contribution in [0.15, 0.2) is 36.5 Å². The van der Waals surface area contributed by atoms with Crippen molar-refractivity contribution in [3.05, 3.63) is 48.3 Å². The van der Waals surface area contributed by atoms with Crippen LogP contribution in [0.2, 0.25) is 0 Å². The van der Waals surface area contributed by atoms with Crippen LogP contribution in [0, 0.1) is 6.20 Å². The molecule has 2 aromatic rings. The van der Waals surface area contributed by atoms with Gasteiger partial charge in [0, 0.05) is 6.54 Å². The fraction of sp³-hybridized carbons (Fsp3) is 0.200. The normalized spacial score (nSPS) is 10.2. The zero-order valence-corrected chi connectivity index (χ0v) is 7.22. The summed E-state index contributed by atoms with van der Waals surface area (Å²) in [6.07, 6.45) is 5.40. The van der Waals surface area contributed by atoms with Gasteiger partial charge in [-0.3, -0.25) is 4.68 Å². The van der Waals surface area contributed by atoms with E-state index in [1.54, 1.807) is 10.9 Å². The highest BCUT2D eigenvalue weighted by atomic mass is 15.4. The Hall–Kier alpha value is -1.64. The van der Waals surface area contributed by atoms with Gasteiger partial charge in [0.1, 0.15) is 6.20 Å². The van der Waals surface area contributed by atoms with Crippen LogP contribution in [0.4, 0.5) is 0 Å². The average Bonchev–Trinajstić information content (AvgIpc) is 2.69. The number of aromatic nitrogens is 3. The molecule has 0 spiro atoms. The zero-order chi connectivity index (χ0) is 8.93. The Morgan fingerprint density at radius 1 is 1.23 bits per heavy atom. The van der Waals surface area contributed by atoms with Crippen LogP contribution in [-0.4, -0.2) is 15.0 Å². The van der Waals surface area contributed by atoms with Crippen molar-refractivity contribution in [3.8, 4) is 0 Å². The molecule has 1 heterocycles. The molecular formula is C10H10N3. The molecule has 1 aromatic carbocycles. The van der Waals surface area contributed by atoms with E-state index in [1.165, 1.54) is 5.56 Å². The van der Waals surface area contributed by atoms with Crippen molar-refractivity contribution in [2.75, 3.05) is 0 Å². The number of nitrogens with zero attached hydrogens (tertiary/aromatic N) is 3. The van der Waals surface area contributed by atoms with E-state index >= 15 is 0 Å². The van der Waals surface area contributed by atoms with Gasteiger partial charge in [0.15, 0.2) is 0 Å². The summed E-state index contributed by atoms with van der Waals surface area (Å²) < 4.78 is 1.78. The summed E-state index contributed by atoms with van der Waals surface area (Å²) in [4.78, 5) is 0. The summed E-state index contributed by atoms with van der Waals surface area (Å²) in [5.74, 6) is 0. The van der Waals surface area contributed by atoms with Crippen molar-refractivity contribution >= 4 is 0 Å². The van der Waals surface area contributed by atoms with Crippen molar-refractivity contribution in [2.24, 2.45) is 0 Å². The van der Waals surface area contributed by atoms with Crippen molar-refractivity contribution in [1.29, 1.82) is 0 Å². The minimum Gasteiger partial charge on any atom is -0.252 e. The van der Waals surface area contributed by atoms with Crippen LogP contribution in [-0.2, 0) is 13.0 Å². The second-order valence-electron chi connectivity index (χ2n) is 2.85. The predicted molar refractivity (Wildman–Crippen MR) is 49.0 cm³/mol. The molecule has 1 aromatic heterocycles. The average molecular weight is 172 g/mol. The molecule has 3 heteroatoms. The maximum absolute atomic E-state index is 3.84. The molecule has 0 fully saturated rings. The summed E-state index contributed by atoms with van der Waals surface area (Å²) >= 11 is 0. The third-order valence-electron chi connectivity index (χ3n) is 1.90. The molecule has 65 valence electrons. The van der Waals surface area contributed by atoms with E-state index in [2.05, 4.69) is 28.6 Å². The highest BCUT2D eigenvalue weighted by Crippen LogP contribution is 2.00. The van der Waals surface area contributed by atoms with Gasteiger partial charge in [-0.2, -0.15) is 0 Å². The molecule has 0 saturated heterocycles. The summed E-state index contributed by atoms with van der Waals surface area (Å²) in [5.41, 5.74) is 1.32. The van der Waals surface area contributed by atoms with Gasteiger partial charge in [-0.15, -0.1) is 5.10 Å². The largest absolute Gasteiger partial charge is 0.252 e. The quantitative estimate of drug-likeness (QED) is 0.699. The first-order chi connectivity index (χ1) is 6.45. The van der Waals surface area contributed by atoms with Crippen molar-refractivity contribution in [2.45, 2.75) is 13.0 Å². The Morgan fingerprint density at radius 3 is 2.77 bits per heavy atom. The van der Waals surface area contributed by atoms with E-state index in [1.807, 2.05) is 18.2 Å². The topological polar surface area (TPSA) is 30.7 Å². The second kappa shape index (κ2) is 3.85. The Labute approximate surface area is 77.0 Å². The molecule has 3 nitrogen and oxygen atoms in total. The molecule has 0 aliphatic heterocycles. The number of benzene rings is 1. The van der Waals surface area contributed by atoms with E-state index < -0.39 is 0 Å². The SMILES string of the molecule is [c]1cn(CCc2ccccc2)nn1. The first kappa shape index (κ1) is 7.98. The fourth-order valence-corrected chi connectivity index (χ4v) is 1.20. The van der Waals surface area contributed by atoms with Crippen LogP contribution in [0.25, 0.3) is 0 Å². The van der Waals surface area contributed by atoms with Crippen LogP contribution in [0.5, 0.6) is 0 Å². The lowest BCUT2D eigenvalue weighted by Crippen LogP contribution is -2.01. The molecule has 0 atom stereocenters. The molecule has 0 saturated carbocycles. The molecule has 13 heavy (non-hydrogen) atoms. The molecule has 0 amide bonds. The molecule has 0 N–H and O–H groups in total. The Balaban J connectivity index is 1.94. The van der Waals surface area contributed by atoms with E-state index in [9.17, 15) is 0 Å². The smallest absolute Gasteiger partial charge is 0.134 e. The maximum atomic E-state index is 3.84. The first-order valence-corrected chi connectivity index (χ1v) is 4.25. The lowest BCUT2D eigenvalue weighted by atomic mass is 10.2. The lowest BCUT2D eigenvalue weighted by molar-refractivity contribution is 0.589. The zero-order valence-electron chi connectivity index (χ0n) is 7.22. The van der Waals surface area contributed by atoms with Crippen LogP contribution in [0.1, 0.15) is 5.56 Å². The van der Waals surface area contributed by atoms with Crippen molar-refractivity contribution in [3.63, 3.8) is 0 Å². The molecule has 0 aliphatic rings. The number of hydrogen-bond acceptors (Lipinski definition) is 2. The van der Waals surface area contributed by atoms with Gasteiger partial charge >= 0.3 is 0 Å². The number of aryl methyl sites for hydroxylation is 2. The third-order valence-corrected chi connectivity index (χ3v) is 1.90. The Bertz CT molecular complexity index is 340. The Kier molecular flexibility index (Phi) is 2.36. The standard InChI is InChI=1S/C10H10N3/c1-2-4-10(5-3-1)6-8-13-9-7-11-12-13/h1-5,9H,6,8H2. The summed E-state index contributed by atoms with van der Waals surface area (Å²) in [6.45, 7) is 0.862. The molecule has 2 rings (SSSR count). The third kappa shape index (κ3) is 2.15. The van der Waals surface area contributed by atoms with E-state index in [0.717, 1.165) is 13.0 Å². The van der Waals surface area contributed by atoms with Gasteiger partial charge in [0.05, 0.1) is 6.20 Å². The van der Waals surface area contributed by atoms with Gasteiger partial charge in [0.2, 0.25) is 0 Å². The van der Waals surface area contributed by atoms with E-state index in [0.29, 0.717) is 0 Å². The summed E-state index contributed by atoms with van der Waals surface area (Å²) in [5, 5.41) is 7.46. The van der Waals surface area contributed by atoms with Crippen LogP contribution < -0.4 is 0 Å². The number of rotatable bonds is 3. The predicted octanol–water partition coefficient (Wildman–Crippen LogP) is 1.32. The minimum atomic E-state index is 0.862. The maximum Gasteiger partial charge on any atom is 0.134 e. The summed E-state index contributed by atoms with van der Waals surface area (Å²) in [6, 6.07) is 10.3. The van der Waals surface area contributed by atoms with Gasteiger partial charge in [-0.1, -0.05) is 35.5 Å². The molecular weight excluding hydrogens is 162 g/mol. The first-order valence-electron chi connectivity index (χ1n) is 4.25. The van der Waals surface area contributed by atoms with Gasteiger partial charge in [0.25, 0.3) is 0 Å². The van der Waals surface area contributed by atoms with Crippen LogP contribution >= 0.6 is 0 Å². The lowest BCUT2D eigenvalue weighted by Gasteiger charge is -1.99. The van der Waals surface area contributed by atoms with Gasteiger partial charge in [-0.25, -0.2) is 0 Å². The highest BCUT2D eigenvalue weighted by molar-refractivity contribution is 5.14. The number of hydrogen-bond donors (Lipinski definition) is 0. The molecule has 1 radical (unpaired) electrons. The van der Waals surface area contributed by atoms with Gasteiger partial charge in [-0.05, 0) is 12.0 Å². The monoisotopic (exact) mass is 172 g/mol. The minimum absolute atomic E-state index is 0.862. The summed E-state index contributed by atoms with van der Waals surface area (Å²) in [7, 11) is 0. The fourth-order valence-electron chi connectivity index (χ4n) is 1.20. The van der Waals surface area contributed by atoms with Crippen LogP contribution in [0.3, 0.4) is 0 Å². The Morgan fingerprint density at radius 2 is 2.08 bits per heavy atom. The van der Waals surface area contributed by atoms with Crippen molar-refractivity contribution < 1.29 is 0 Å². The highest BCUT2D eigenvalue weighted by Gasteiger charge is 1.93. The van der Waals surface area contributed by atoms with E-state index in [4.69, 9.17) is 0 Å². The molecule has 0 unspecified atom stereocenters. The van der Waals surface area contributed by atoms with Crippen molar-refractivity contribution in [1.82, 2.24) is 15.0 Å². The van der Waals surface area contributed by atoms with E-state index in [-0.39, 0.29) is 0 Å². The molecule has 0 aliphatic carbocycles. The molecule has 0 bridgehead atoms. The van der Waals surface area contributed by atoms with Gasteiger partial charge < -0.3 is 0 Å².